The van der Waals surface area contributed by atoms with Crippen LogP contribution in [0.5, 0.6) is 0 Å². The second-order valence-corrected chi connectivity index (χ2v) is 8.64. The van der Waals surface area contributed by atoms with Gasteiger partial charge in [0.25, 0.3) is 0 Å². The van der Waals surface area contributed by atoms with Crippen LogP contribution in [-0.2, 0) is 16.2 Å². The third-order valence-electron chi connectivity index (χ3n) is 6.41. The van der Waals surface area contributed by atoms with E-state index in [-0.39, 0.29) is 18.4 Å². The maximum Gasteiger partial charge on any atom is 0.224 e. The predicted molar refractivity (Wildman–Crippen MR) is 114 cm³/mol. The summed E-state index contributed by atoms with van der Waals surface area (Å²) in [6, 6.07) is 7.23. The van der Waals surface area contributed by atoms with Crippen molar-refractivity contribution in [1.82, 2.24) is 9.80 Å². The van der Waals surface area contributed by atoms with E-state index < -0.39 is 0 Å². The second kappa shape index (κ2) is 10.7. The predicted octanol–water partition coefficient (Wildman–Crippen LogP) is 2.87. The number of rotatable bonds is 10. The van der Waals surface area contributed by atoms with E-state index in [1.165, 1.54) is 32.4 Å². The first-order valence-electron chi connectivity index (χ1n) is 11.0. The van der Waals surface area contributed by atoms with Crippen LogP contribution in [0.1, 0.15) is 50.5 Å². The zero-order valence-corrected chi connectivity index (χ0v) is 17.6. The number of nitrogens with one attached hydrogen (secondary N) is 1. The number of benzene rings is 1. The Bertz CT molecular complexity index is 682. The van der Waals surface area contributed by atoms with E-state index in [2.05, 4.69) is 10.2 Å². The number of carbonyl (C=O) groups excluding carboxylic acids is 2. The van der Waals surface area contributed by atoms with Gasteiger partial charge in [0.1, 0.15) is 0 Å². The number of unbranched alkanes of at least 4 members (excludes halogenated alkanes) is 1. The number of fused-ring (bicyclic) bond motifs is 1. The summed E-state index contributed by atoms with van der Waals surface area (Å²) in [5, 5.41) is 12.0. The molecule has 3 rings (SSSR count). The van der Waals surface area contributed by atoms with Crippen molar-refractivity contribution in [2.75, 3.05) is 38.5 Å². The number of anilines is 1. The molecule has 160 valence electrons. The van der Waals surface area contributed by atoms with Crippen molar-refractivity contribution in [1.29, 1.82) is 0 Å². The minimum absolute atomic E-state index is 0.0337. The molecule has 1 aliphatic carbocycles. The molecular weight excluding hydrogens is 366 g/mol. The molecule has 2 unspecified atom stereocenters. The van der Waals surface area contributed by atoms with Crippen LogP contribution in [0.4, 0.5) is 5.69 Å². The molecule has 1 saturated heterocycles. The number of aliphatic hydroxyl groups excluding tert-OH is 1. The highest BCUT2D eigenvalue weighted by atomic mass is 16.3. The minimum atomic E-state index is -0.0387. The fourth-order valence-corrected chi connectivity index (χ4v) is 4.69. The molecule has 0 bridgehead atoms. The molecule has 2 N–H and O–H groups in total. The lowest BCUT2D eigenvalue weighted by Crippen LogP contribution is -2.32. The second-order valence-electron chi connectivity index (χ2n) is 8.64. The number of amides is 2. The van der Waals surface area contributed by atoms with Crippen LogP contribution in [0.2, 0.25) is 0 Å². The molecular formula is C23H35N3O3. The molecule has 2 amide bonds. The molecule has 1 aliphatic heterocycles. The Morgan fingerprint density at radius 3 is 2.66 bits per heavy atom. The lowest BCUT2D eigenvalue weighted by Gasteiger charge is -2.20. The molecule has 29 heavy (non-hydrogen) atoms. The van der Waals surface area contributed by atoms with Gasteiger partial charge in [-0.1, -0.05) is 18.6 Å². The average molecular weight is 402 g/mol. The third-order valence-corrected chi connectivity index (χ3v) is 6.41. The topological polar surface area (TPSA) is 72.9 Å². The summed E-state index contributed by atoms with van der Waals surface area (Å²) in [4.78, 5) is 28.7. The number of aliphatic hydroxyl groups is 1. The first kappa shape index (κ1) is 21.8. The van der Waals surface area contributed by atoms with Crippen LogP contribution in [0.3, 0.4) is 0 Å². The van der Waals surface area contributed by atoms with E-state index in [0.717, 1.165) is 36.8 Å². The third kappa shape index (κ3) is 6.54. The van der Waals surface area contributed by atoms with E-state index in [0.29, 0.717) is 25.1 Å². The van der Waals surface area contributed by atoms with Gasteiger partial charge in [-0.2, -0.15) is 0 Å². The first-order chi connectivity index (χ1) is 14.0. The van der Waals surface area contributed by atoms with Crippen LogP contribution in [0.15, 0.2) is 24.3 Å². The van der Waals surface area contributed by atoms with Gasteiger partial charge in [-0.25, -0.2) is 0 Å². The van der Waals surface area contributed by atoms with Gasteiger partial charge in [-0.3, -0.25) is 9.59 Å². The lowest BCUT2D eigenvalue weighted by molar-refractivity contribution is -0.130. The summed E-state index contributed by atoms with van der Waals surface area (Å²) in [6.07, 6.45) is 6.72. The molecule has 0 spiro atoms. The highest BCUT2D eigenvalue weighted by Gasteiger charge is 2.35. The standard InChI is InChI=1S/C23H35N3O3/c1-25(23(29)11-13-26-15-19-7-5-8-20(19)16-26)12-3-2-10-22(28)24-21-9-4-6-18(14-21)17-27/h4,6,9,14,19-20,27H,2-3,5,7-8,10-13,15-17H2,1H3,(H,24,28). The normalized spacial score (nSPS) is 21.2. The fraction of sp³-hybridized carbons (Fsp3) is 0.652. The molecule has 6 heteroatoms. The number of hydrogen-bond acceptors (Lipinski definition) is 4. The van der Waals surface area contributed by atoms with E-state index in [4.69, 9.17) is 5.11 Å². The zero-order valence-electron chi connectivity index (χ0n) is 17.6. The van der Waals surface area contributed by atoms with Crippen molar-refractivity contribution in [2.24, 2.45) is 11.8 Å². The highest BCUT2D eigenvalue weighted by Crippen LogP contribution is 2.37. The maximum atomic E-state index is 12.4. The molecule has 1 saturated carbocycles. The Morgan fingerprint density at radius 1 is 1.17 bits per heavy atom. The molecule has 2 atom stereocenters. The summed E-state index contributed by atoms with van der Waals surface area (Å²) in [5.41, 5.74) is 1.49. The van der Waals surface area contributed by atoms with Crippen LogP contribution < -0.4 is 5.32 Å². The highest BCUT2D eigenvalue weighted by molar-refractivity contribution is 5.90. The zero-order chi connectivity index (χ0) is 20.6. The number of nitrogens with zero attached hydrogens (tertiary/aromatic N) is 2. The van der Waals surface area contributed by atoms with Crippen LogP contribution in [0.25, 0.3) is 0 Å². The number of hydrogen-bond donors (Lipinski definition) is 2. The number of likely N-dealkylation sites (tertiary alicyclic amines) is 1. The summed E-state index contributed by atoms with van der Waals surface area (Å²) >= 11 is 0. The summed E-state index contributed by atoms with van der Waals surface area (Å²) in [7, 11) is 1.86. The fourth-order valence-electron chi connectivity index (χ4n) is 4.69. The monoisotopic (exact) mass is 401 g/mol. The minimum Gasteiger partial charge on any atom is -0.392 e. The van der Waals surface area contributed by atoms with E-state index in [1.54, 1.807) is 11.0 Å². The summed E-state index contributed by atoms with van der Waals surface area (Å²) in [6.45, 7) is 3.89. The molecule has 0 radical (unpaired) electrons. The van der Waals surface area contributed by atoms with E-state index in [9.17, 15) is 9.59 Å². The molecule has 0 aromatic heterocycles. The van der Waals surface area contributed by atoms with Gasteiger partial charge in [0.05, 0.1) is 6.61 Å². The summed E-state index contributed by atoms with van der Waals surface area (Å²) < 4.78 is 0. The Kier molecular flexibility index (Phi) is 8.07. The van der Waals surface area contributed by atoms with Gasteiger partial charge in [-0.15, -0.1) is 0 Å². The smallest absolute Gasteiger partial charge is 0.224 e. The molecule has 1 aromatic rings. The van der Waals surface area contributed by atoms with Crippen LogP contribution in [0, 0.1) is 11.8 Å². The molecule has 2 aliphatic rings. The van der Waals surface area contributed by atoms with Crippen molar-refractivity contribution < 1.29 is 14.7 Å². The van der Waals surface area contributed by atoms with Crippen LogP contribution >= 0.6 is 0 Å². The molecule has 1 aromatic carbocycles. The Balaban J connectivity index is 1.26. The van der Waals surface area contributed by atoms with Crippen molar-refractivity contribution in [3.8, 4) is 0 Å². The maximum absolute atomic E-state index is 12.4. The van der Waals surface area contributed by atoms with E-state index in [1.807, 2.05) is 25.2 Å². The van der Waals surface area contributed by atoms with Gasteiger partial charge in [-0.05, 0) is 55.2 Å². The lowest BCUT2D eigenvalue weighted by atomic mass is 10.0. The molecule has 6 nitrogen and oxygen atoms in total. The largest absolute Gasteiger partial charge is 0.392 e. The first-order valence-corrected chi connectivity index (χ1v) is 11.0. The Hall–Kier alpha value is -1.92. The Labute approximate surface area is 174 Å². The van der Waals surface area contributed by atoms with Gasteiger partial charge < -0.3 is 20.2 Å². The SMILES string of the molecule is CN(CCCCC(=O)Nc1cccc(CO)c1)C(=O)CCN1CC2CCCC2C1. The summed E-state index contributed by atoms with van der Waals surface area (Å²) in [5.74, 6) is 1.92. The van der Waals surface area contributed by atoms with Gasteiger partial charge in [0.15, 0.2) is 0 Å². The van der Waals surface area contributed by atoms with Crippen molar-refractivity contribution in [3.63, 3.8) is 0 Å². The average Bonchev–Trinajstić information content (AvgIpc) is 3.31. The number of carbonyl (C=O) groups is 2. The van der Waals surface area contributed by atoms with Gasteiger partial charge in [0, 0.05) is 51.8 Å². The molecule has 1 heterocycles. The van der Waals surface area contributed by atoms with Crippen LogP contribution in [-0.4, -0.2) is 59.9 Å². The van der Waals surface area contributed by atoms with Crippen molar-refractivity contribution >= 4 is 17.5 Å². The Morgan fingerprint density at radius 2 is 1.93 bits per heavy atom. The van der Waals surface area contributed by atoms with E-state index >= 15 is 0 Å². The quantitative estimate of drug-likeness (QED) is 0.592. The van der Waals surface area contributed by atoms with Gasteiger partial charge in [0.2, 0.25) is 11.8 Å². The van der Waals surface area contributed by atoms with Crippen molar-refractivity contribution in [3.05, 3.63) is 29.8 Å². The van der Waals surface area contributed by atoms with Gasteiger partial charge >= 0.3 is 0 Å². The van der Waals surface area contributed by atoms with Crippen molar-refractivity contribution in [2.45, 2.75) is 51.6 Å². The molecule has 2 fully saturated rings.